The van der Waals surface area contributed by atoms with E-state index in [2.05, 4.69) is 61.5 Å². The van der Waals surface area contributed by atoms with E-state index in [1.54, 1.807) is 11.8 Å². The summed E-state index contributed by atoms with van der Waals surface area (Å²) in [5, 5.41) is 5.23. The van der Waals surface area contributed by atoms with Gasteiger partial charge in [-0.05, 0) is 33.8 Å². The van der Waals surface area contributed by atoms with E-state index in [1.165, 1.54) is 27.5 Å². The van der Waals surface area contributed by atoms with Gasteiger partial charge in [0.25, 0.3) is 0 Å². The molecule has 18 heavy (non-hydrogen) atoms. The van der Waals surface area contributed by atoms with Gasteiger partial charge in [-0.25, -0.2) is 0 Å². The second-order valence-electron chi connectivity index (χ2n) is 5.17. The maximum absolute atomic E-state index is 4.18. The SMILES string of the molecule is CCSc1nnsc1-c1ccc(C(C)(C)C)cc1. The highest BCUT2D eigenvalue weighted by atomic mass is 32.2. The molecule has 0 N–H and O–H groups in total. The van der Waals surface area contributed by atoms with Crippen molar-refractivity contribution >= 4 is 23.3 Å². The second kappa shape index (κ2) is 5.41. The highest BCUT2D eigenvalue weighted by molar-refractivity contribution is 7.99. The van der Waals surface area contributed by atoms with Crippen molar-refractivity contribution in [2.45, 2.75) is 38.1 Å². The zero-order chi connectivity index (χ0) is 13.2. The first-order valence-electron chi connectivity index (χ1n) is 6.08. The lowest BCUT2D eigenvalue weighted by Gasteiger charge is -2.19. The van der Waals surface area contributed by atoms with E-state index in [-0.39, 0.29) is 5.41 Å². The molecular formula is C14H18N2S2. The molecule has 0 atom stereocenters. The third-order valence-corrected chi connectivity index (χ3v) is 4.50. The van der Waals surface area contributed by atoms with Crippen molar-refractivity contribution in [3.63, 3.8) is 0 Å². The Kier molecular flexibility index (Phi) is 4.07. The van der Waals surface area contributed by atoms with Crippen LogP contribution in [-0.2, 0) is 5.41 Å². The summed E-state index contributed by atoms with van der Waals surface area (Å²) in [4.78, 5) is 1.18. The molecule has 0 aliphatic carbocycles. The number of benzene rings is 1. The molecule has 2 rings (SSSR count). The molecule has 0 spiro atoms. The molecule has 1 aromatic heterocycles. The van der Waals surface area contributed by atoms with Gasteiger partial charge in [-0.2, -0.15) is 0 Å². The van der Waals surface area contributed by atoms with E-state index in [0.717, 1.165) is 10.8 Å². The molecule has 0 bridgehead atoms. The standard InChI is InChI=1S/C14H18N2S2/c1-5-17-13-12(18-16-15-13)10-6-8-11(9-7-10)14(2,3)4/h6-9H,5H2,1-4H3. The Morgan fingerprint density at radius 2 is 1.83 bits per heavy atom. The van der Waals surface area contributed by atoms with Gasteiger partial charge in [-0.15, -0.1) is 16.9 Å². The van der Waals surface area contributed by atoms with Crippen LogP contribution in [0.15, 0.2) is 29.3 Å². The van der Waals surface area contributed by atoms with Gasteiger partial charge in [-0.1, -0.05) is 56.4 Å². The fraction of sp³-hybridized carbons (Fsp3) is 0.429. The third kappa shape index (κ3) is 2.93. The van der Waals surface area contributed by atoms with Crippen LogP contribution in [0.5, 0.6) is 0 Å². The van der Waals surface area contributed by atoms with Gasteiger partial charge in [0, 0.05) is 0 Å². The van der Waals surface area contributed by atoms with Crippen LogP contribution in [-0.4, -0.2) is 15.3 Å². The van der Waals surface area contributed by atoms with E-state index in [4.69, 9.17) is 0 Å². The minimum absolute atomic E-state index is 0.200. The summed E-state index contributed by atoms with van der Waals surface area (Å²) in [6.07, 6.45) is 0. The molecule has 2 aromatic rings. The minimum atomic E-state index is 0.200. The highest BCUT2D eigenvalue weighted by Crippen LogP contribution is 2.33. The van der Waals surface area contributed by atoms with Crippen molar-refractivity contribution < 1.29 is 0 Å². The minimum Gasteiger partial charge on any atom is -0.131 e. The fourth-order valence-electron chi connectivity index (χ4n) is 1.71. The summed E-state index contributed by atoms with van der Waals surface area (Å²) in [7, 11) is 0. The predicted molar refractivity (Wildman–Crippen MR) is 80.4 cm³/mol. The molecule has 4 heteroatoms. The molecule has 1 aromatic carbocycles. The van der Waals surface area contributed by atoms with Crippen molar-refractivity contribution in [2.75, 3.05) is 5.75 Å². The van der Waals surface area contributed by atoms with Crippen LogP contribution in [0.4, 0.5) is 0 Å². The normalized spacial score (nSPS) is 11.8. The number of aromatic nitrogens is 2. The van der Waals surface area contributed by atoms with Crippen molar-refractivity contribution in [2.24, 2.45) is 0 Å². The van der Waals surface area contributed by atoms with E-state index >= 15 is 0 Å². The summed E-state index contributed by atoms with van der Waals surface area (Å²) in [5.74, 6) is 1.03. The van der Waals surface area contributed by atoms with E-state index in [9.17, 15) is 0 Å². The van der Waals surface area contributed by atoms with Crippen LogP contribution in [0.3, 0.4) is 0 Å². The quantitative estimate of drug-likeness (QED) is 0.766. The third-order valence-electron chi connectivity index (χ3n) is 2.75. The van der Waals surface area contributed by atoms with Crippen LogP contribution >= 0.6 is 23.3 Å². The van der Waals surface area contributed by atoms with Crippen molar-refractivity contribution in [1.29, 1.82) is 0 Å². The Hall–Kier alpha value is -0.870. The summed E-state index contributed by atoms with van der Waals surface area (Å²) in [6.45, 7) is 8.83. The van der Waals surface area contributed by atoms with Gasteiger partial charge in [0.1, 0.15) is 5.03 Å². The van der Waals surface area contributed by atoms with Gasteiger partial charge in [0.15, 0.2) is 0 Å². The first-order valence-corrected chi connectivity index (χ1v) is 7.84. The number of rotatable bonds is 3. The molecule has 1 heterocycles. The largest absolute Gasteiger partial charge is 0.139 e. The van der Waals surface area contributed by atoms with Crippen LogP contribution < -0.4 is 0 Å². The molecule has 0 aliphatic heterocycles. The average molecular weight is 278 g/mol. The predicted octanol–water partition coefficient (Wildman–Crippen LogP) is 4.61. The molecule has 0 saturated heterocycles. The van der Waals surface area contributed by atoms with Crippen molar-refractivity contribution in [1.82, 2.24) is 9.59 Å². The van der Waals surface area contributed by atoms with E-state index in [1.807, 2.05) is 0 Å². The Morgan fingerprint density at radius 1 is 1.17 bits per heavy atom. The molecule has 0 aliphatic rings. The van der Waals surface area contributed by atoms with Gasteiger partial charge in [0.05, 0.1) is 4.88 Å². The molecule has 0 amide bonds. The molecule has 96 valence electrons. The number of hydrogen-bond donors (Lipinski definition) is 0. The first-order chi connectivity index (χ1) is 8.52. The lowest BCUT2D eigenvalue weighted by molar-refractivity contribution is 0.590. The Bertz CT molecular complexity index is 509. The average Bonchev–Trinajstić information content (AvgIpc) is 2.77. The maximum atomic E-state index is 4.18. The highest BCUT2D eigenvalue weighted by Gasteiger charge is 2.15. The number of thioether (sulfide) groups is 1. The van der Waals surface area contributed by atoms with Crippen LogP contribution in [0.1, 0.15) is 33.3 Å². The van der Waals surface area contributed by atoms with E-state index in [0.29, 0.717) is 0 Å². The van der Waals surface area contributed by atoms with Crippen LogP contribution in [0.25, 0.3) is 10.4 Å². The van der Waals surface area contributed by atoms with Gasteiger partial charge in [-0.3, -0.25) is 0 Å². The second-order valence-corrected chi connectivity index (χ2v) is 7.17. The van der Waals surface area contributed by atoms with Gasteiger partial charge >= 0.3 is 0 Å². The zero-order valence-corrected chi connectivity index (χ0v) is 12.9. The molecule has 0 fully saturated rings. The molecule has 0 unspecified atom stereocenters. The van der Waals surface area contributed by atoms with Gasteiger partial charge in [0.2, 0.25) is 0 Å². The number of nitrogens with zero attached hydrogens (tertiary/aromatic N) is 2. The molecule has 0 radical (unpaired) electrons. The van der Waals surface area contributed by atoms with Crippen molar-refractivity contribution in [3.8, 4) is 10.4 Å². The summed E-state index contributed by atoms with van der Waals surface area (Å²) >= 11 is 3.22. The lowest BCUT2D eigenvalue weighted by atomic mass is 9.87. The fourth-order valence-corrected chi connectivity index (χ4v) is 3.24. The number of hydrogen-bond acceptors (Lipinski definition) is 4. The monoisotopic (exact) mass is 278 g/mol. The van der Waals surface area contributed by atoms with E-state index < -0.39 is 0 Å². The molecular weight excluding hydrogens is 260 g/mol. The Labute approximate surface area is 117 Å². The zero-order valence-electron chi connectivity index (χ0n) is 11.2. The summed E-state index contributed by atoms with van der Waals surface area (Å²) in [6, 6.07) is 8.76. The summed E-state index contributed by atoms with van der Waals surface area (Å²) in [5.41, 5.74) is 2.77. The van der Waals surface area contributed by atoms with Crippen molar-refractivity contribution in [3.05, 3.63) is 29.8 Å². The smallest absolute Gasteiger partial charge is 0.131 e. The Balaban J connectivity index is 2.32. The molecule has 0 saturated carbocycles. The van der Waals surface area contributed by atoms with Gasteiger partial charge < -0.3 is 0 Å². The topological polar surface area (TPSA) is 25.8 Å². The van der Waals surface area contributed by atoms with Crippen LogP contribution in [0, 0.1) is 0 Å². The summed E-state index contributed by atoms with van der Waals surface area (Å²) < 4.78 is 4.06. The Morgan fingerprint density at radius 3 is 2.39 bits per heavy atom. The molecule has 2 nitrogen and oxygen atoms in total. The lowest BCUT2D eigenvalue weighted by Crippen LogP contribution is -2.10. The maximum Gasteiger partial charge on any atom is 0.139 e. The first kappa shape index (κ1) is 13.6. The van der Waals surface area contributed by atoms with Crippen LogP contribution in [0.2, 0.25) is 0 Å².